The van der Waals surface area contributed by atoms with Gasteiger partial charge in [0.25, 0.3) is 0 Å². The lowest BCUT2D eigenvalue weighted by Crippen LogP contribution is -2.27. The molecule has 0 spiro atoms. The third-order valence-corrected chi connectivity index (χ3v) is 2.49. The molecule has 1 aromatic rings. The van der Waals surface area contributed by atoms with Crippen LogP contribution in [0.5, 0.6) is 0 Å². The predicted octanol–water partition coefficient (Wildman–Crippen LogP) is 1.41. The lowest BCUT2D eigenvalue weighted by Gasteiger charge is -2.16. The Hall–Kier alpha value is -0.640. The van der Waals surface area contributed by atoms with Crippen LogP contribution < -0.4 is 0 Å². The van der Waals surface area contributed by atoms with Crippen molar-refractivity contribution in [1.82, 2.24) is 4.98 Å². The van der Waals surface area contributed by atoms with Crippen molar-refractivity contribution < 1.29 is 10.2 Å². The smallest absolute Gasteiger partial charge is 0.0839 e. The minimum Gasteiger partial charge on any atom is -0.390 e. The van der Waals surface area contributed by atoms with Gasteiger partial charge in [0.1, 0.15) is 0 Å². The van der Waals surface area contributed by atoms with E-state index in [1.807, 2.05) is 6.92 Å². The van der Waals surface area contributed by atoms with E-state index in [0.29, 0.717) is 17.9 Å². The van der Waals surface area contributed by atoms with Crippen molar-refractivity contribution in [2.24, 2.45) is 0 Å². The SMILES string of the molecule is CCC(O)C(O)Cc1ccncc1Cl. The highest BCUT2D eigenvalue weighted by molar-refractivity contribution is 6.31. The zero-order valence-electron chi connectivity index (χ0n) is 8.02. The molecular weight excluding hydrogens is 202 g/mol. The van der Waals surface area contributed by atoms with Crippen LogP contribution >= 0.6 is 11.6 Å². The Balaban J connectivity index is 2.64. The van der Waals surface area contributed by atoms with E-state index in [2.05, 4.69) is 4.98 Å². The summed E-state index contributed by atoms with van der Waals surface area (Å²) in [6, 6.07) is 1.74. The third kappa shape index (κ3) is 2.94. The van der Waals surface area contributed by atoms with Crippen molar-refractivity contribution in [2.75, 3.05) is 0 Å². The predicted molar refractivity (Wildman–Crippen MR) is 55.3 cm³/mol. The van der Waals surface area contributed by atoms with Crippen LogP contribution in [0.3, 0.4) is 0 Å². The molecule has 3 nitrogen and oxygen atoms in total. The summed E-state index contributed by atoms with van der Waals surface area (Å²) in [4.78, 5) is 3.84. The fourth-order valence-corrected chi connectivity index (χ4v) is 1.40. The van der Waals surface area contributed by atoms with Crippen LogP contribution in [-0.4, -0.2) is 27.4 Å². The first-order valence-corrected chi connectivity index (χ1v) is 4.97. The first-order valence-electron chi connectivity index (χ1n) is 4.59. The number of hydrogen-bond donors (Lipinski definition) is 2. The molecule has 0 radical (unpaired) electrons. The monoisotopic (exact) mass is 215 g/mol. The van der Waals surface area contributed by atoms with Gasteiger partial charge in [-0.1, -0.05) is 18.5 Å². The number of rotatable bonds is 4. The van der Waals surface area contributed by atoms with Crippen LogP contribution in [0.25, 0.3) is 0 Å². The van der Waals surface area contributed by atoms with Crippen LogP contribution in [0.4, 0.5) is 0 Å². The lowest BCUT2D eigenvalue weighted by molar-refractivity contribution is 0.0182. The number of aliphatic hydroxyl groups excluding tert-OH is 2. The van der Waals surface area contributed by atoms with Crippen molar-refractivity contribution in [2.45, 2.75) is 32.0 Å². The van der Waals surface area contributed by atoms with Crippen molar-refractivity contribution >= 4 is 11.6 Å². The molecule has 4 heteroatoms. The van der Waals surface area contributed by atoms with E-state index in [-0.39, 0.29) is 0 Å². The molecule has 14 heavy (non-hydrogen) atoms. The summed E-state index contributed by atoms with van der Waals surface area (Å²) in [5.74, 6) is 0. The van der Waals surface area contributed by atoms with E-state index in [1.54, 1.807) is 12.3 Å². The van der Waals surface area contributed by atoms with Crippen molar-refractivity contribution in [1.29, 1.82) is 0 Å². The molecule has 0 saturated heterocycles. The average molecular weight is 216 g/mol. The highest BCUT2D eigenvalue weighted by Crippen LogP contribution is 2.16. The maximum Gasteiger partial charge on any atom is 0.0839 e. The molecule has 0 aromatic carbocycles. The highest BCUT2D eigenvalue weighted by Gasteiger charge is 2.15. The van der Waals surface area contributed by atoms with Crippen LogP contribution in [-0.2, 0) is 6.42 Å². The molecule has 0 amide bonds. The molecule has 0 bridgehead atoms. The largest absolute Gasteiger partial charge is 0.390 e. The molecule has 0 aliphatic rings. The number of pyridine rings is 1. The van der Waals surface area contributed by atoms with E-state index in [0.717, 1.165) is 5.56 Å². The summed E-state index contributed by atoms with van der Waals surface area (Å²) in [7, 11) is 0. The molecule has 0 aliphatic heterocycles. The van der Waals surface area contributed by atoms with E-state index < -0.39 is 12.2 Å². The summed E-state index contributed by atoms with van der Waals surface area (Å²) in [6.07, 6.45) is 2.58. The average Bonchev–Trinajstić information content (AvgIpc) is 2.20. The van der Waals surface area contributed by atoms with Gasteiger partial charge in [-0.15, -0.1) is 0 Å². The molecule has 0 saturated carbocycles. The van der Waals surface area contributed by atoms with Gasteiger partial charge in [0.15, 0.2) is 0 Å². The van der Waals surface area contributed by atoms with Gasteiger partial charge in [-0.25, -0.2) is 0 Å². The Morgan fingerprint density at radius 1 is 1.43 bits per heavy atom. The Morgan fingerprint density at radius 2 is 2.14 bits per heavy atom. The second-order valence-corrected chi connectivity index (χ2v) is 3.62. The molecule has 78 valence electrons. The Labute approximate surface area is 88.4 Å². The van der Waals surface area contributed by atoms with Crippen molar-refractivity contribution in [3.63, 3.8) is 0 Å². The van der Waals surface area contributed by atoms with Gasteiger partial charge in [0.05, 0.1) is 17.2 Å². The molecule has 2 unspecified atom stereocenters. The topological polar surface area (TPSA) is 53.4 Å². The van der Waals surface area contributed by atoms with Gasteiger partial charge in [-0.3, -0.25) is 4.98 Å². The third-order valence-electron chi connectivity index (χ3n) is 2.15. The van der Waals surface area contributed by atoms with Crippen LogP contribution in [0, 0.1) is 0 Å². The second-order valence-electron chi connectivity index (χ2n) is 3.21. The van der Waals surface area contributed by atoms with Gasteiger partial charge in [-0.05, 0) is 18.1 Å². The first kappa shape index (κ1) is 11.4. The number of nitrogens with zero attached hydrogens (tertiary/aromatic N) is 1. The highest BCUT2D eigenvalue weighted by atomic mass is 35.5. The number of halogens is 1. The van der Waals surface area contributed by atoms with Gasteiger partial charge >= 0.3 is 0 Å². The van der Waals surface area contributed by atoms with E-state index in [9.17, 15) is 10.2 Å². The fraction of sp³-hybridized carbons (Fsp3) is 0.500. The molecule has 1 aromatic heterocycles. The normalized spacial score (nSPS) is 15.1. The van der Waals surface area contributed by atoms with Gasteiger partial charge in [0.2, 0.25) is 0 Å². The van der Waals surface area contributed by atoms with Crippen LogP contribution in [0.2, 0.25) is 5.02 Å². The van der Waals surface area contributed by atoms with Gasteiger partial charge in [0, 0.05) is 18.8 Å². The van der Waals surface area contributed by atoms with Gasteiger partial charge < -0.3 is 10.2 Å². The summed E-state index contributed by atoms with van der Waals surface area (Å²) in [6.45, 7) is 1.82. The summed E-state index contributed by atoms with van der Waals surface area (Å²) >= 11 is 5.86. The molecule has 0 aliphatic carbocycles. The summed E-state index contributed by atoms with van der Waals surface area (Å²) in [5.41, 5.74) is 0.807. The molecule has 1 heterocycles. The zero-order chi connectivity index (χ0) is 10.6. The molecule has 1 rings (SSSR count). The fourth-order valence-electron chi connectivity index (χ4n) is 1.20. The minimum absolute atomic E-state index is 0.357. The van der Waals surface area contributed by atoms with E-state index >= 15 is 0 Å². The molecule has 2 N–H and O–H groups in total. The molecule has 2 atom stereocenters. The summed E-state index contributed by atoms with van der Waals surface area (Å²) in [5, 5.41) is 19.5. The zero-order valence-corrected chi connectivity index (χ0v) is 8.78. The van der Waals surface area contributed by atoms with Crippen molar-refractivity contribution in [3.05, 3.63) is 29.0 Å². The van der Waals surface area contributed by atoms with E-state index in [1.165, 1.54) is 6.20 Å². The van der Waals surface area contributed by atoms with E-state index in [4.69, 9.17) is 11.6 Å². The maximum absolute atomic E-state index is 9.57. The Morgan fingerprint density at radius 3 is 2.71 bits per heavy atom. The first-order chi connectivity index (χ1) is 6.65. The van der Waals surface area contributed by atoms with Crippen LogP contribution in [0.15, 0.2) is 18.5 Å². The van der Waals surface area contributed by atoms with Gasteiger partial charge in [-0.2, -0.15) is 0 Å². The Bertz CT molecular complexity index is 293. The molecule has 0 fully saturated rings. The maximum atomic E-state index is 9.57. The Kier molecular flexibility index (Phi) is 4.32. The summed E-state index contributed by atoms with van der Waals surface area (Å²) < 4.78 is 0. The minimum atomic E-state index is -0.764. The second kappa shape index (κ2) is 5.29. The number of aromatic nitrogens is 1. The van der Waals surface area contributed by atoms with Crippen molar-refractivity contribution in [3.8, 4) is 0 Å². The quantitative estimate of drug-likeness (QED) is 0.799. The number of hydrogen-bond acceptors (Lipinski definition) is 3. The molecular formula is C10H14ClNO2. The number of aliphatic hydroxyl groups is 2. The standard InChI is InChI=1S/C10H14ClNO2/c1-2-9(13)10(14)5-7-3-4-12-6-8(7)11/h3-4,6,9-10,13-14H,2,5H2,1H3. The van der Waals surface area contributed by atoms with Crippen LogP contribution in [0.1, 0.15) is 18.9 Å². The lowest BCUT2D eigenvalue weighted by atomic mass is 10.0.